The number of carbonyl (C=O) groups is 3. The van der Waals surface area contributed by atoms with Gasteiger partial charge in [-0.25, -0.2) is 0 Å². The van der Waals surface area contributed by atoms with Gasteiger partial charge in [0.25, 0.3) is 5.91 Å². The molecule has 27 heavy (non-hydrogen) atoms. The van der Waals surface area contributed by atoms with Crippen LogP contribution in [0.25, 0.3) is 0 Å². The van der Waals surface area contributed by atoms with E-state index >= 15 is 0 Å². The first kappa shape index (κ1) is 20.2. The summed E-state index contributed by atoms with van der Waals surface area (Å²) in [7, 11) is 1.51. The Bertz CT molecular complexity index is 750. The van der Waals surface area contributed by atoms with Crippen LogP contribution in [0.4, 0.5) is 0 Å². The Labute approximate surface area is 157 Å². The number of benzene rings is 1. The van der Waals surface area contributed by atoms with Crippen molar-refractivity contribution in [2.45, 2.75) is 25.9 Å². The molecule has 0 aromatic heterocycles. The van der Waals surface area contributed by atoms with Crippen molar-refractivity contribution in [3.8, 4) is 11.8 Å². The van der Waals surface area contributed by atoms with E-state index in [1.807, 2.05) is 6.07 Å². The highest BCUT2D eigenvalue weighted by Gasteiger charge is 2.29. The van der Waals surface area contributed by atoms with E-state index in [0.717, 1.165) is 0 Å². The van der Waals surface area contributed by atoms with Crippen molar-refractivity contribution in [3.63, 3.8) is 0 Å². The largest absolute Gasteiger partial charge is 0.481 e. The highest BCUT2D eigenvalue weighted by molar-refractivity contribution is 5.87. The number of nitrogens with zero attached hydrogens (tertiary/aromatic N) is 3. The lowest BCUT2D eigenvalue weighted by atomic mass is 9.97. The maximum absolute atomic E-state index is 12.5. The minimum Gasteiger partial charge on any atom is -0.481 e. The molecular formula is C19H23N3O5. The molecule has 1 unspecified atom stereocenters. The van der Waals surface area contributed by atoms with Gasteiger partial charge in [0, 0.05) is 20.1 Å². The topological polar surface area (TPSA) is 111 Å². The number of likely N-dealkylation sites (N-methyl/N-ethyl adjacent to an activating group) is 1. The molecule has 1 saturated heterocycles. The Morgan fingerprint density at radius 2 is 1.96 bits per heavy atom. The molecule has 0 bridgehead atoms. The van der Waals surface area contributed by atoms with Gasteiger partial charge in [0.15, 0.2) is 6.10 Å². The molecule has 1 heterocycles. The third kappa shape index (κ3) is 5.20. The number of ether oxygens (including phenoxy) is 1. The van der Waals surface area contributed by atoms with Crippen LogP contribution in [0.1, 0.15) is 25.3 Å². The van der Waals surface area contributed by atoms with Crippen LogP contribution in [0, 0.1) is 17.2 Å². The van der Waals surface area contributed by atoms with E-state index in [0.29, 0.717) is 37.2 Å². The van der Waals surface area contributed by atoms with E-state index in [9.17, 15) is 14.4 Å². The normalized spacial score (nSPS) is 15.5. The molecule has 0 radical (unpaired) electrons. The molecule has 1 atom stereocenters. The number of nitriles is 1. The number of carboxylic acids is 1. The van der Waals surface area contributed by atoms with Crippen LogP contribution in [-0.4, -0.2) is 65.5 Å². The third-order valence-corrected chi connectivity index (χ3v) is 4.60. The predicted molar refractivity (Wildman–Crippen MR) is 95.8 cm³/mol. The van der Waals surface area contributed by atoms with Gasteiger partial charge in [-0.2, -0.15) is 5.26 Å². The summed E-state index contributed by atoms with van der Waals surface area (Å²) in [5, 5.41) is 18.1. The van der Waals surface area contributed by atoms with Crippen LogP contribution in [0.5, 0.6) is 5.75 Å². The Morgan fingerprint density at radius 1 is 1.33 bits per heavy atom. The van der Waals surface area contributed by atoms with Gasteiger partial charge >= 0.3 is 5.97 Å². The minimum atomic E-state index is -0.852. The first-order chi connectivity index (χ1) is 12.8. The quantitative estimate of drug-likeness (QED) is 0.800. The van der Waals surface area contributed by atoms with Crippen LogP contribution >= 0.6 is 0 Å². The minimum absolute atomic E-state index is 0.107. The van der Waals surface area contributed by atoms with Crippen molar-refractivity contribution in [3.05, 3.63) is 29.8 Å². The summed E-state index contributed by atoms with van der Waals surface area (Å²) in [6.07, 6.45) is -0.0121. The molecule has 2 amide bonds. The van der Waals surface area contributed by atoms with Crippen molar-refractivity contribution < 1.29 is 24.2 Å². The van der Waals surface area contributed by atoms with Crippen LogP contribution in [0.2, 0.25) is 0 Å². The summed E-state index contributed by atoms with van der Waals surface area (Å²) in [5.41, 5.74) is 0.331. The summed E-state index contributed by atoms with van der Waals surface area (Å²) >= 11 is 0. The molecule has 0 aliphatic carbocycles. The molecule has 1 aliphatic heterocycles. The monoisotopic (exact) mass is 373 g/mol. The molecule has 2 rings (SSSR count). The molecule has 0 saturated carbocycles. The van der Waals surface area contributed by atoms with Crippen molar-refractivity contribution in [2.24, 2.45) is 5.92 Å². The van der Waals surface area contributed by atoms with Crippen molar-refractivity contribution in [1.82, 2.24) is 9.80 Å². The second-order valence-corrected chi connectivity index (χ2v) is 6.56. The standard InChI is InChI=1S/C19H23N3O5/c1-13(27-16-6-4-3-5-15(16)11-20)18(24)21(2)12-17(23)22-9-7-14(8-10-22)19(25)26/h3-6,13-14H,7-10,12H2,1-2H3,(H,25,26). The van der Waals surface area contributed by atoms with Gasteiger partial charge < -0.3 is 19.6 Å². The number of carbonyl (C=O) groups excluding carboxylic acids is 2. The Hall–Kier alpha value is -3.08. The number of piperidine rings is 1. The molecule has 1 aromatic carbocycles. The van der Waals surface area contributed by atoms with E-state index in [2.05, 4.69) is 0 Å². The fourth-order valence-corrected chi connectivity index (χ4v) is 2.97. The second kappa shape index (κ2) is 9.03. The van der Waals surface area contributed by atoms with Crippen molar-refractivity contribution in [2.75, 3.05) is 26.7 Å². The molecule has 1 N–H and O–H groups in total. The van der Waals surface area contributed by atoms with Crippen LogP contribution in [0.3, 0.4) is 0 Å². The lowest BCUT2D eigenvalue weighted by Crippen LogP contribution is -2.47. The molecule has 8 nitrogen and oxygen atoms in total. The number of hydrogen-bond donors (Lipinski definition) is 1. The van der Waals surface area contributed by atoms with Gasteiger partial charge in [-0.15, -0.1) is 0 Å². The Morgan fingerprint density at radius 3 is 2.56 bits per heavy atom. The van der Waals surface area contributed by atoms with Gasteiger partial charge in [0.2, 0.25) is 5.91 Å². The summed E-state index contributed by atoms with van der Waals surface area (Å²) in [5.74, 6) is -1.53. The predicted octanol–water partition coefficient (Wildman–Crippen LogP) is 1.11. The zero-order chi connectivity index (χ0) is 20.0. The fourth-order valence-electron chi connectivity index (χ4n) is 2.97. The number of carboxylic acid groups (broad SMARTS) is 1. The smallest absolute Gasteiger partial charge is 0.306 e. The van der Waals surface area contributed by atoms with E-state index in [4.69, 9.17) is 15.1 Å². The van der Waals surface area contributed by atoms with Crippen LogP contribution in [0.15, 0.2) is 24.3 Å². The molecule has 1 aliphatic rings. The number of rotatable bonds is 6. The third-order valence-electron chi connectivity index (χ3n) is 4.60. The van der Waals surface area contributed by atoms with E-state index in [1.54, 1.807) is 36.1 Å². The summed E-state index contributed by atoms with van der Waals surface area (Å²) in [6, 6.07) is 8.63. The van der Waals surface area contributed by atoms with E-state index in [-0.39, 0.29) is 18.4 Å². The highest BCUT2D eigenvalue weighted by atomic mass is 16.5. The number of para-hydroxylation sites is 1. The molecular weight excluding hydrogens is 350 g/mol. The molecule has 1 aromatic rings. The Kier molecular flexibility index (Phi) is 6.77. The number of aliphatic carboxylic acids is 1. The summed E-state index contributed by atoms with van der Waals surface area (Å²) < 4.78 is 5.58. The van der Waals surface area contributed by atoms with Crippen LogP contribution < -0.4 is 4.74 Å². The van der Waals surface area contributed by atoms with Gasteiger partial charge in [-0.05, 0) is 31.9 Å². The van der Waals surface area contributed by atoms with Crippen molar-refractivity contribution in [1.29, 1.82) is 5.26 Å². The lowest BCUT2D eigenvalue weighted by Gasteiger charge is -2.31. The maximum atomic E-state index is 12.5. The zero-order valence-electron chi connectivity index (χ0n) is 15.4. The van der Waals surface area contributed by atoms with Gasteiger partial charge in [-0.3, -0.25) is 14.4 Å². The van der Waals surface area contributed by atoms with Crippen LogP contribution in [-0.2, 0) is 14.4 Å². The number of amides is 2. The second-order valence-electron chi connectivity index (χ2n) is 6.56. The number of likely N-dealkylation sites (tertiary alicyclic amines) is 1. The summed E-state index contributed by atoms with van der Waals surface area (Å²) in [6.45, 7) is 2.21. The summed E-state index contributed by atoms with van der Waals surface area (Å²) in [4.78, 5) is 38.7. The first-order valence-corrected chi connectivity index (χ1v) is 8.74. The van der Waals surface area contributed by atoms with E-state index in [1.165, 1.54) is 11.9 Å². The number of hydrogen-bond acceptors (Lipinski definition) is 5. The average molecular weight is 373 g/mol. The lowest BCUT2D eigenvalue weighted by molar-refractivity contribution is -0.147. The van der Waals surface area contributed by atoms with Gasteiger partial charge in [-0.1, -0.05) is 12.1 Å². The van der Waals surface area contributed by atoms with Crippen molar-refractivity contribution >= 4 is 17.8 Å². The molecule has 0 spiro atoms. The van der Waals surface area contributed by atoms with Gasteiger partial charge in [0.05, 0.1) is 18.0 Å². The SMILES string of the molecule is CC(Oc1ccccc1C#N)C(=O)N(C)CC(=O)N1CCC(C(=O)O)CC1. The Balaban J connectivity index is 1.88. The van der Waals surface area contributed by atoms with Gasteiger partial charge in [0.1, 0.15) is 11.8 Å². The molecule has 8 heteroatoms. The first-order valence-electron chi connectivity index (χ1n) is 8.74. The zero-order valence-corrected chi connectivity index (χ0v) is 15.4. The highest BCUT2D eigenvalue weighted by Crippen LogP contribution is 2.19. The average Bonchev–Trinajstić information content (AvgIpc) is 2.67. The fraction of sp³-hybridized carbons (Fsp3) is 0.474. The maximum Gasteiger partial charge on any atom is 0.306 e. The molecule has 1 fully saturated rings. The molecule has 144 valence electrons. The van der Waals surface area contributed by atoms with E-state index < -0.39 is 18.0 Å².